The van der Waals surface area contributed by atoms with Crippen LogP contribution in [0.2, 0.25) is 0 Å². The zero-order valence-electron chi connectivity index (χ0n) is 10.6. The van der Waals surface area contributed by atoms with Crippen molar-refractivity contribution in [3.8, 4) is 11.3 Å². The van der Waals surface area contributed by atoms with Crippen molar-refractivity contribution in [2.24, 2.45) is 5.92 Å². The van der Waals surface area contributed by atoms with Crippen molar-refractivity contribution in [3.05, 3.63) is 42.2 Å². The van der Waals surface area contributed by atoms with Crippen LogP contribution in [0.3, 0.4) is 0 Å². The monoisotopic (exact) mass is 248 g/mol. The van der Waals surface area contributed by atoms with Crippen molar-refractivity contribution < 1.29 is 8.81 Å². The highest BCUT2D eigenvalue weighted by atomic mass is 19.1. The molecule has 2 aromatic rings. The van der Waals surface area contributed by atoms with Crippen LogP contribution in [0.4, 0.5) is 4.39 Å². The van der Waals surface area contributed by atoms with Crippen LogP contribution in [0.15, 0.2) is 34.9 Å². The fraction of sp³-hybridized carbons (Fsp3) is 0.357. The number of hydrogen-bond acceptors (Lipinski definition) is 3. The zero-order chi connectivity index (χ0) is 13.0. The van der Waals surface area contributed by atoms with Crippen LogP contribution in [0.5, 0.6) is 0 Å². The molecule has 1 N–H and O–H groups in total. The molecule has 0 saturated carbocycles. The summed E-state index contributed by atoms with van der Waals surface area (Å²) in [7, 11) is 0. The lowest BCUT2D eigenvalue weighted by Gasteiger charge is -2.04. The van der Waals surface area contributed by atoms with E-state index in [1.54, 1.807) is 18.3 Å². The second kappa shape index (κ2) is 5.78. The molecule has 0 unspecified atom stereocenters. The highest BCUT2D eigenvalue weighted by Crippen LogP contribution is 2.20. The Balaban J connectivity index is 1.99. The summed E-state index contributed by atoms with van der Waals surface area (Å²) in [6, 6.07) is 6.19. The summed E-state index contributed by atoms with van der Waals surface area (Å²) in [4.78, 5) is 4.19. The smallest absolute Gasteiger partial charge is 0.208 e. The van der Waals surface area contributed by atoms with Gasteiger partial charge in [-0.05, 0) is 36.7 Å². The minimum Gasteiger partial charge on any atom is -0.439 e. The summed E-state index contributed by atoms with van der Waals surface area (Å²) < 4.78 is 18.4. The highest BCUT2D eigenvalue weighted by molar-refractivity contribution is 5.55. The van der Waals surface area contributed by atoms with E-state index >= 15 is 0 Å². The van der Waals surface area contributed by atoms with Crippen LogP contribution in [0.25, 0.3) is 11.3 Å². The first-order valence-corrected chi connectivity index (χ1v) is 6.06. The first kappa shape index (κ1) is 12.8. The molecule has 0 spiro atoms. The molecule has 0 aliphatic heterocycles. The van der Waals surface area contributed by atoms with Crippen molar-refractivity contribution in [1.29, 1.82) is 0 Å². The van der Waals surface area contributed by atoms with E-state index < -0.39 is 0 Å². The van der Waals surface area contributed by atoms with Gasteiger partial charge in [0.2, 0.25) is 5.89 Å². The fourth-order valence-electron chi connectivity index (χ4n) is 1.61. The third kappa shape index (κ3) is 3.40. The summed E-state index contributed by atoms with van der Waals surface area (Å²) in [5.74, 6) is 1.65. The van der Waals surface area contributed by atoms with Gasteiger partial charge in [0.15, 0.2) is 5.76 Å². The normalized spacial score (nSPS) is 11.1. The van der Waals surface area contributed by atoms with E-state index in [1.807, 2.05) is 0 Å². The van der Waals surface area contributed by atoms with Gasteiger partial charge in [-0.15, -0.1) is 0 Å². The fourth-order valence-corrected chi connectivity index (χ4v) is 1.61. The quantitative estimate of drug-likeness (QED) is 0.882. The first-order chi connectivity index (χ1) is 8.65. The molecule has 0 radical (unpaired) electrons. The summed E-state index contributed by atoms with van der Waals surface area (Å²) in [6.07, 6.45) is 1.67. The zero-order valence-corrected chi connectivity index (χ0v) is 10.6. The van der Waals surface area contributed by atoms with Gasteiger partial charge in [-0.25, -0.2) is 9.37 Å². The molecule has 2 rings (SSSR count). The Bertz CT molecular complexity index is 491. The molecular formula is C14H17FN2O. The van der Waals surface area contributed by atoms with Gasteiger partial charge in [-0.2, -0.15) is 0 Å². The Morgan fingerprint density at radius 3 is 2.67 bits per heavy atom. The molecule has 0 atom stereocenters. The Hall–Kier alpha value is -1.68. The molecule has 0 aliphatic rings. The van der Waals surface area contributed by atoms with Crippen molar-refractivity contribution >= 4 is 0 Å². The third-order valence-electron chi connectivity index (χ3n) is 2.51. The highest BCUT2D eigenvalue weighted by Gasteiger charge is 2.06. The van der Waals surface area contributed by atoms with Crippen LogP contribution in [-0.2, 0) is 6.54 Å². The lowest BCUT2D eigenvalue weighted by molar-refractivity contribution is 0.459. The topological polar surface area (TPSA) is 38.1 Å². The van der Waals surface area contributed by atoms with E-state index in [9.17, 15) is 4.39 Å². The van der Waals surface area contributed by atoms with Gasteiger partial charge in [0.1, 0.15) is 5.82 Å². The molecule has 0 bridgehead atoms. The van der Waals surface area contributed by atoms with Crippen LogP contribution in [0.1, 0.15) is 19.7 Å². The number of benzene rings is 1. The number of nitrogens with one attached hydrogen (secondary N) is 1. The molecule has 0 saturated heterocycles. The number of rotatable bonds is 5. The van der Waals surface area contributed by atoms with E-state index in [1.165, 1.54) is 12.1 Å². The molecule has 1 heterocycles. The summed E-state index contributed by atoms with van der Waals surface area (Å²) in [5.41, 5.74) is 0.832. The van der Waals surface area contributed by atoms with Gasteiger partial charge in [-0.1, -0.05) is 13.8 Å². The average Bonchev–Trinajstić information content (AvgIpc) is 2.78. The standard InChI is InChI=1S/C14H17FN2O/c1-10(2)7-16-9-14-17-8-13(18-14)11-3-5-12(15)6-4-11/h3-6,8,10,16H,7,9H2,1-2H3. The van der Waals surface area contributed by atoms with Crippen molar-refractivity contribution in [2.75, 3.05) is 6.54 Å². The lowest BCUT2D eigenvalue weighted by Crippen LogP contribution is -2.18. The number of halogens is 1. The predicted molar refractivity (Wildman–Crippen MR) is 68.4 cm³/mol. The van der Waals surface area contributed by atoms with E-state index in [0.29, 0.717) is 24.1 Å². The van der Waals surface area contributed by atoms with E-state index in [0.717, 1.165) is 12.1 Å². The van der Waals surface area contributed by atoms with Gasteiger partial charge in [0, 0.05) is 5.56 Å². The maximum Gasteiger partial charge on any atom is 0.208 e. The number of oxazole rings is 1. The van der Waals surface area contributed by atoms with Crippen molar-refractivity contribution in [1.82, 2.24) is 10.3 Å². The van der Waals surface area contributed by atoms with Gasteiger partial charge in [-0.3, -0.25) is 0 Å². The van der Waals surface area contributed by atoms with Gasteiger partial charge in [0.25, 0.3) is 0 Å². The number of aromatic nitrogens is 1. The van der Waals surface area contributed by atoms with Crippen LogP contribution >= 0.6 is 0 Å². The molecule has 4 heteroatoms. The largest absolute Gasteiger partial charge is 0.439 e. The Morgan fingerprint density at radius 2 is 2.00 bits per heavy atom. The van der Waals surface area contributed by atoms with Crippen molar-refractivity contribution in [3.63, 3.8) is 0 Å². The maximum absolute atomic E-state index is 12.8. The molecule has 3 nitrogen and oxygen atoms in total. The first-order valence-electron chi connectivity index (χ1n) is 6.06. The Labute approximate surface area is 106 Å². The number of hydrogen-bond donors (Lipinski definition) is 1. The summed E-state index contributed by atoms with van der Waals surface area (Å²) >= 11 is 0. The Morgan fingerprint density at radius 1 is 1.28 bits per heavy atom. The van der Waals surface area contributed by atoms with Crippen LogP contribution in [0, 0.1) is 11.7 Å². The molecule has 96 valence electrons. The summed E-state index contributed by atoms with van der Waals surface area (Å²) in [5, 5.41) is 3.26. The van der Waals surface area contributed by atoms with Crippen LogP contribution in [-0.4, -0.2) is 11.5 Å². The van der Waals surface area contributed by atoms with Crippen LogP contribution < -0.4 is 5.32 Å². The van der Waals surface area contributed by atoms with E-state index in [4.69, 9.17) is 4.42 Å². The van der Waals surface area contributed by atoms with Gasteiger partial charge in [0.05, 0.1) is 12.7 Å². The average molecular weight is 248 g/mol. The lowest BCUT2D eigenvalue weighted by atomic mass is 10.2. The second-order valence-corrected chi connectivity index (χ2v) is 4.65. The maximum atomic E-state index is 12.8. The molecule has 18 heavy (non-hydrogen) atoms. The molecule has 1 aromatic carbocycles. The van der Waals surface area contributed by atoms with Gasteiger partial charge >= 0.3 is 0 Å². The summed E-state index contributed by atoms with van der Waals surface area (Å²) in [6.45, 7) is 5.83. The molecule has 0 aliphatic carbocycles. The third-order valence-corrected chi connectivity index (χ3v) is 2.51. The predicted octanol–water partition coefficient (Wildman–Crippen LogP) is 3.23. The molecular weight excluding hydrogens is 231 g/mol. The second-order valence-electron chi connectivity index (χ2n) is 4.65. The minimum absolute atomic E-state index is 0.253. The minimum atomic E-state index is -0.253. The van der Waals surface area contributed by atoms with E-state index in [-0.39, 0.29) is 5.82 Å². The van der Waals surface area contributed by atoms with E-state index in [2.05, 4.69) is 24.1 Å². The molecule has 0 amide bonds. The molecule has 0 fully saturated rings. The van der Waals surface area contributed by atoms with Gasteiger partial charge < -0.3 is 9.73 Å². The Kier molecular flexibility index (Phi) is 4.10. The van der Waals surface area contributed by atoms with Crippen molar-refractivity contribution in [2.45, 2.75) is 20.4 Å². The molecule has 1 aromatic heterocycles. The number of nitrogens with zero attached hydrogens (tertiary/aromatic N) is 1. The SMILES string of the molecule is CC(C)CNCc1ncc(-c2ccc(F)cc2)o1.